The molecule has 0 fully saturated rings. The maximum absolute atomic E-state index is 11.7. The average Bonchev–Trinajstić information content (AvgIpc) is 2.29. The number of hydrogen-bond acceptors (Lipinski definition) is 3. The van der Waals surface area contributed by atoms with Gasteiger partial charge >= 0.3 is 0 Å². The van der Waals surface area contributed by atoms with E-state index < -0.39 is 10.8 Å². The molecular weight excluding hydrogens is 210 g/mol. The van der Waals surface area contributed by atoms with Gasteiger partial charge in [0, 0.05) is 22.1 Å². The van der Waals surface area contributed by atoms with Crippen LogP contribution in [0.25, 0.3) is 0 Å². The Morgan fingerprint density at radius 3 is 3.00 bits per heavy atom. The summed E-state index contributed by atoms with van der Waals surface area (Å²) in [5.41, 5.74) is 7.06. The Bertz CT molecular complexity index is 381. The van der Waals surface area contributed by atoms with Crippen LogP contribution in [0.4, 0.5) is 0 Å². The zero-order chi connectivity index (χ0) is 10.8. The van der Waals surface area contributed by atoms with Crippen LogP contribution in [-0.4, -0.2) is 21.8 Å². The molecular formula is C11H15NO2S. The van der Waals surface area contributed by atoms with Gasteiger partial charge in [-0.15, -0.1) is 0 Å². The van der Waals surface area contributed by atoms with E-state index in [9.17, 15) is 4.21 Å². The molecule has 0 amide bonds. The molecule has 2 N–H and O–H groups in total. The summed E-state index contributed by atoms with van der Waals surface area (Å²) in [6, 6.07) is 7.53. The van der Waals surface area contributed by atoms with Crippen LogP contribution in [0, 0.1) is 0 Å². The van der Waals surface area contributed by atoms with Crippen LogP contribution < -0.4 is 10.5 Å². The summed E-state index contributed by atoms with van der Waals surface area (Å²) in [7, 11) is -0.901. The highest BCUT2D eigenvalue weighted by atomic mass is 32.2. The van der Waals surface area contributed by atoms with E-state index in [1.54, 1.807) is 0 Å². The lowest BCUT2D eigenvalue weighted by atomic mass is 10.0. The van der Waals surface area contributed by atoms with E-state index in [0.29, 0.717) is 12.4 Å². The molecule has 82 valence electrons. The highest BCUT2D eigenvalue weighted by Crippen LogP contribution is 2.32. The molecule has 0 saturated carbocycles. The summed E-state index contributed by atoms with van der Waals surface area (Å²) in [5, 5.41) is -0.0788. The van der Waals surface area contributed by atoms with Crippen molar-refractivity contribution in [3.63, 3.8) is 0 Å². The molecule has 3 nitrogen and oxygen atoms in total. The maximum Gasteiger partial charge on any atom is 0.124 e. The summed E-state index contributed by atoms with van der Waals surface area (Å²) < 4.78 is 17.3. The van der Waals surface area contributed by atoms with Crippen LogP contribution in [-0.2, 0) is 10.8 Å². The molecule has 0 bridgehead atoms. The predicted molar refractivity (Wildman–Crippen MR) is 61.3 cm³/mol. The van der Waals surface area contributed by atoms with Crippen molar-refractivity contribution in [3.05, 3.63) is 29.8 Å². The highest BCUT2D eigenvalue weighted by molar-refractivity contribution is 7.85. The second-order valence-electron chi connectivity index (χ2n) is 3.58. The van der Waals surface area contributed by atoms with Crippen molar-refractivity contribution in [2.24, 2.45) is 5.73 Å². The highest BCUT2D eigenvalue weighted by Gasteiger charge is 2.31. The molecule has 0 radical (unpaired) electrons. The molecule has 3 atom stereocenters. The van der Waals surface area contributed by atoms with E-state index in [1.807, 2.05) is 31.2 Å². The normalized spacial score (nSPS) is 26.5. The minimum atomic E-state index is -0.901. The van der Waals surface area contributed by atoms with Gasteiger partial charge in [0.2, 0.25) is 0 Å². The van der Waals surface area contributed by atoms with Crippen molar-refractivity contribution in [2.75, 3.05) is 12.4 Å². The van der Waals surface area contributed by atoms with Crippen LogP contribution in [0.2, 0.25) is 0 Å². The van der Waals surface area contributed by atoms with E-state index >= 15 is 0 Å². The smallest absolute Gasteiger partial charge is 0.124 e. The Balaban J connectivity index is 2.29. The lowest BCUT2D eigenvalue weighted by Gasteiger charge is -2.30. The largest absolute Gasteiger partial charge is 0.492 e. The van der Waals surface area contributed by atoms with Crippen LogP contribution in [0.1, 0.15) is 18.5 Å². The third-order valence-corrected chi connectivity index (χ3v) is 4.38. The second-order valence-corrected chi connectivity index (χ2v) is 5.53. The molecule has 1 aliphatic rings. The minimum absolute atomic E-state index is 0.0788. The standard InChI is InChI=1S/C11H15NO2S/c1-2-15(13)10-7-14-9-6-4-3-5-8(9)11(10)12/h3-6,10-11H,2,7,12H2,1H3. The summed E-state index contributed by atoms with van der Waals surface area (Å²) in [6.45, 7) is 2.36. The number of nitrogens with two attached hydrogens (primary N) is 1. The summed E-state index contributed by atoms with van der Waals surface area (Å²) in [4.78, 5) is 0. The van der Waals surface area contributed by atoms with Gasteiger partial charge in [-0.2, -0.15) is 0 Å². The van der Waals surface area contributed by atoms with Gasteiger partial charge < -0.3 is 10.5 Å². The van der Waals surface area contributed by atoms with E-state index in [1.165, 1.54) is 0 Å². The molecule has 1 aromatic carbocycles. The second kappa shape index (κ2) is 4.33. The number of rotatable bonds is 2. The van der Waals surface area contributed by atoms with E-state index in [2.05, 4.69) is 0 Å². The summed E-state index contributed by atoms with van der Waals surface area (Å²) in [5.74, 6) is 1.46. The van der Waals surface area contributed by atoms with Gasteiger partial charge in [0.1, 0.15) is 12.4 Å². The average molecular weight is 225 g/mol. The van der Waals surface area contributed by atoms with Gasteiger partial charge in [0.15, 0.2) is 0 Å². The van der Waals surface area contributed by atoms with Crippen molar-refractivity contribution in [3.8, 4) is 5.75 Å². The fourth-order valence-electron chi connectivity index (χ4n) is 1.82. The lowest BCUT2D eigenvalue weighted by Crippen LogP contribution is -2.39. The molecule has 0 saturated heterocycles. The van der Waals surface area contributed by atoms with Crippen molar-refractivity contribution in [1.29, 1.82) is 0 Å². The fraction of sp³-hybridized carbons (Fsp3) is 0.455. The first-order valence-corrected chi connectivity index (χ1v) is 6.46. The molecule has 3 unspecified atom stereocenters. The number of benzene rings is 1. The lowest BCUT2D eigenvalue weighted by molar-refractivity contribution is 0.273. The number of fused-ring (bicyclic) bond motifs is 1. The Morgan fingerprint density at radius 2 is 2.27 bits per heavy atom. The van der Waals surface area contributed by atoms with Crippen molar-refractivity contribution < 1.29 is 8.95 Å². The molecule has 1 aliphatic heterocycles. The zero-order valence-electron chi connectivity index (χ0n) is 8.68. The molecule has 0 spiro atoms. The fourth-order valence-corrected chi connectivity index (χ4v) is 2.94. The number of para-hydroxylation sites is 1. The van der Waals surface area contributed by atoms with Gasteiger partial charge in [-0.1, -0.05) is 25.1 Å². The SMILES string of the molecule is CCS(=O)C1COc2ccccc2C1N. The van der Waals surface area contributed by atoms with Gasteiger partial charge in [-0.3, -0.25) is 4.21 Å². The molecule has 4 heteroatoms. The Labute approximate surface area is 92.1 Å². The predicted octanol–water partition coefficient (Wildman–Crippen LogP) is 1.22. The maximum atomic E-state index is 11.7. The number of ether oxygens (including phenoxy) is 1. The zero-order valence-corrected chi connectivity index (χ0v) is 9.50. The monoisotopic (exact) mass is 225 g/mol. The van der Waals surface area contributed by atoms with Crippen LogP contribution in [0.3, 0.4) is 0 Å². The molecule has 2 rings (SSSR count). The minimum Gasteiger partial charge on any atom is -0.492 e. The molecule has 1 heterocycles. The molecule has 0 aromatic heterocycles. The van der Waals surface area contributed by atoms with Gasteiger partial charge in [0.25, 0.3) is 0 Å². The topological polar surface area (TPSA) is 52.3 Å². The first-order chi connectivity index (χ1) is 7.24. The Kier molecular flexibility index (Phi) is 3.07. The molecule has 15 heavy (non-hydrogen) atoms. The summed E-state index contributed by atoms with van der Waals surface area (Å²) in [6.07, 6.45) is 0. The molecule has 1 aromatic rings. The quantitative estimate of drug-likeness (QED) is 0.823. The Morgan fingerprint density at radius 1 is 1.53 bits per heavy atom. The third-order valence-electron chi connectivity index (χ3n) is 2.70. The molecule has 0 aliphatic carbocycles. The van der Waals surface area contributed by atoms with E-state index in [-0.39, 0.29) is 11.3 Å². The van der Waals surface area contributed by atoms with Gasteiger partial charge in [-0.25, -0.2) is 0 Å². The van der Waals surface area contributed by atoms with Gasteiger partial charge in [0.05, 0.1) is 11.3 Å². The summed E-state index contributed by atoms with van der Waals surface area (Å²) >= 11 is 0. The van der Waals surface area contributed by atoms with Crippen molar-refractivity contribution in [1.82, 2.24) is 0 Å². The van der Waals surface area contributed by atoms with Crippen LogP contribution >= 0.6 is 0 Å². The van der Waals surface area contributed by atoms with Crippen LogP contribution in [0.5, 0.6) is 5.75 Å². The van der Waals surface area contributed by atoms with Crippen molar-refractivity contribution in [2.45, 2.75) is 18.2 Å². The first-order valence-electron chi connectivity index (χ1n) is 5.08. The van der Waals surface area contributed by atoms with E-state index in [4.69, 9.17) is 10.5 Å². The first kappa shape index (κ1) is 10.6. The van der Waals surface area contributed by atoms with Crippen molar-refractivity contribution >= 4 is 10.8 Å². The Hall–Kier alpha value is -0.870. The van der Waals surface area contributed by atoms with Gasteiger partial charge in [-0.05, 0) is 6.07 Å². The van der Waals surface area contributed by atoms with Crippen LogP contribution in [0.15, 0.2) is 24.3 Å². The van der Waals surface area contributed by atoms with E-state index in [0.717, 1.165) is 11.3 Å². The number of hydrogen-bond donors (Lipinski definition) is 1. The third kappa shape index (κ3) is 1.92.